The molecule has 0 saturated carbocycles. The Kier molecular flexibility index (Phi) is 3.38. The summed E-state index contributed by atoms with van der Waals surface area (Å²) in [6.07, 6.45) is 0. The fourth-order valence-electron chi connectivity index (χ4n) is 1.08. The molecule has 0 aliphatic rings. The average Bonchev–Trinajstić information content (AvgIpc) is 2.05. The quantitative estimate of drug-likeness (QED) is 0.772. The fraction of sp³-hybridized carbons (Fsp3) is 0.250. The molecule has 1 unspecified atom stereocenters. The maximum atomic E-state index is 10.8. The second-order valence-corrected chi connectivity index (χ2v) is 5.41. The Morgan fingerprint density at radius 3 is 2.60 bits per heavy atom. The van der Waals surface area contributed by atoms with Gasteiger partial charge in [0.2, 0.25) is 0 Å². The van der Waals surface area contributed by atoms with Crippen LogP contribution in [0.5, 0.6) is 5.75 Å². The summed E-state index contributed by atoms with van der Waals surface area (Å²) in [5, 5.41) is 0. The van der Waals surface area contributed by atoms with Crippen LogP contribution in [-0.4, -0.2) is 22.9 Å². The van der Waals surface area contributed by atoms with Gasteiger partial charge in [-0.1, -0.05) is 0 Å². The third-order valence-corrected chi connectivity index (χ3v) is 2.29. The van der Waals surface area contributed by atoms with Crippen molar-refractivity contribution in [3.63, 3.8) is 0 Å². The predicted octanol–water partition coefficient (Wildman–Crippen LogP) is 0.848. The van der Waals surface area contributed by atoms with Gasteiger partial charge >= 0.3 is 9.05 Å². The smallest absolute Gasteiger partial charge is 0.311 e. The van der Waals surface area contributed by atoms with Crippen LogP contribution in [0.15, 0.2) is 18.2 Å². The maximum Gasteiger partial charge on any atom is 0.311 e. The van der Waals surface area contributed by atoms with Crippen LogP contribution in [-0.2, 0) is 20.2 Å². The van der Waals surface area contributed by atoms with Crippen LogP contribution >= 0.6 is 0 Å². The molecule has 0 bridgehead atoms. The van der Waals surface area contributed by atoms with Crippen molar-refractivity contribution in [1.29, 1.82) is 0 Å². The predicted molar refractivity (Wildman–Crippen MR) is 63.9 cm³/mol. The molecule has 1 aromatic carbocycles. The number of nitrogens with zero attached hydrogens (tertiary/aromatic N) is 1. The van der Waals surface area contributed by atoms with Crippen LogP contribution in [0.4, 0.5) is 11.4 Å². The summed E-state index contributed by atoms with van der Waals surface area (Å²) in [6.45, 7) is 0. The third kappa shape index (κ3) is 3.54. The molecule has 84 valence electrons. The van der Waals surface area contributed by atoms with Crippen molar-refractivity contribution < 1.29 is 12.9 Å². The molecule has 7 heteroatoms. The molecular weight excluding hydrogens is 236 g/mol. The van der Waals surface area contributed by atoms with Gasteiger partial charge in [0.05, 0.1) is 22.6 Å². The van der Waals surface area contributed by atoms with Gasteiger partial charge in [0.1, 0.15) is 5.75 Å². The molecule has 0 heterocycles. The van der Waals surface area contributed by atoms with E-state index in [-0.39, 0.29) is 5.75 Å². The summed E-state index contributed by atoms with van der Waals surface area (Å²) in [7, 11) is -0.0485. The number of rotatable bonds is 3. The van der Waals surface area contributed by atoms with Crippen molar-refractivity contribution in [2.75, 3.05) is 24.7 Å². The van der Waals surface area contributed by atoms with E-state index in [1.807, 2.05) is 0 Å². The van der Waals surface area contributed by atoms with Gasteiger partial charge < -0.3 is 14.8 Å². The first-order valence-corrected chi connectivity index (χ1v) is 6.40. The molecule has 0 spiro atoms. The molecule has 0 aromatic heterocycles. The Labute approximate surface area is 93.5 Å². The van der Waals surface area contributed by atoms with Gasteiger partial charge in [0, 0.05) is 20.2 Å². The third-order valence-electron chi connectivity index (χ3n) is 1.69. The average molecular weight is 248 g/mol. The molecule has 3 N–H and O–H groups in total. The molecule has 1 atom stereocenters. The van der Waals surface area contributed by atoms with E-state index in [0.717, 1.165) is 0 Å². The molecule has 0 saturated heterocycles. The van der Waals surface area contributed by atoms with Crippen molar-refractivity contribution in [3.8, 4) is 5.75 Å². The zero-order chi connectivity index (χ0) is 11.6. The minimum Gasteiger partial charge on any atom is -0.397 e. The number of hydrogen-bond acceptors (Lipinski definition) is 5. The minimum absolute atomic E-state index is 0.218. The lowest BCUT2D eigenvalue weighted by atomic mass is 10.2. The molecule has 1 aromatic rings. The fourth-order valence-corrected chi connectivity index (χ4v) is 1.67. The van der Waals surface area contributed by atoms with E-state index in [1.54, 1.807) is 31.1 Å². The van der Waals surface area contributed by atoms with E-state index in [1.165, 1.54) is 6.07 Å². The molecule has 5 nitrogen and oxygen atoms in total. The highest BCUT2D eigenvalue weighted by Crippen LogP contribution is 2.27. The van der Waals surface area contributed by atoms with E-state index in [0.29, 0.717) is 11.4 Å². The van der Waals surface area contributed by atoms with Crippen LogP contribution in [0, 0.1) is 0 Å². The Hall–Kier alpha value is -1.05. The van der Waals surface area contributed by atoms with Gasteiger partial charge in [-0.2, -0.15) is 4.21 Å². The number of nitrogen functional groups attached to an aromatic ring is 1. The summed E-state index contributed by atoms with van der Waals surface area (Å²) < 4.78 is 24.3. The maximum absolute atomic E-state index is 10.8. The Bertz CT molecular complexity index is 457. The summed E-state index contributed by atoms with van der Waals surface area (Å²) >= 11 is 4.22. The van der Waals surface area contributed by atoms with Crippen molar-refractivity contribution in [1.82, 2.24) is 0 Å². The molecule has 0 amide bonds. The van der Waals surface area contributed by atoms with Gasteiger partial charge in [-0.05, 0) is 12.1 Å². The van der Waals surface area contributed by atoms with E-state index < -0.39 is 9.05 Å². The zero-order valence-electron chi connectivity index (χ0n) is 8.34. The number of hydrogen-bond donors (Lipinski definition) is 2. The van der Waals surface area contributed by atoms with Crippen molar-refractivity contribution in [2.45, 2.75) is 0 Å². The Balaban J connectivity index is 3.08. The Morgan fingerprint density at radius 1 is 1.53 bits per heavy atom. The van der Waals surface area contributed by atoms with Crippen LogP contribution in [0.1, 0.15) is 0 Å². The van der Waals surface area contributed by atoms with Crippen molar-refractivity contribution in [3.05, 3.63) is 18.2 Å². The highest BCUT2D eigenvalue weighted by molar-refractivity contribution is 8.27. The van der Waals surface area contributed by atoms with Crippen LogP contribution in [0.3, 0.4) is 0 Å². The lowest BCUT2D eigenvalue weighted by Gasteiger charge is -2.16. The lowest BCUT2D eigenvalue weighted by molar-refractivity contribution is 0.454. The SMILES string of the molecule is CN(C)c1cc(OS(=O)(O)=S)ccc1N. The van der Waals surface area contributed by atoms with Crippen LogP contribution in [0.2, 0.25) is 0 Å². The van der Waals surface area contributed by atoms with E-state index in [9.17, 15) is 4.21 Å². The molecule has 1 rings (SSSR count). The minimum atomic E-state index is -3.66. The van der Waals surface area contributed by atoms with Gasteiger partial charge in [-0.25, -0.2) is 0 Å². The summed E-state index contributed by atoms with van der Waals surface area (Å²) in [5.41, 5.74) is 6.95. The van der Waals surface area contributed by atoms with Gasteiger partial charge in [-0.15, -0.1) is 0 Å². The largest absolute Gasteiger partial charge is 0.397 e. The summed E-state index contributed by atoms with van der Waals surface area (Å²) in [5.74, 6) is 0.218. The summed E-state index contributed by atoms with van der Waals surface area (Å²) in [4.78, 5) is 1.77. The van der Waals surface area contributed by atoms with Crippen LogP contribution in [0.25, 0.3) is 0 Å². The second-order valence-electron chi connectivity index (χ2n) is 3.13. The molecule has 15 heavy (non-hydrogen) atoms. The Morgan fingerprint density at radius 2 is 2.13 bits per heavy atom. The standard InChI is InChI=1S/C8H12N2O3S2/c1-10(2)8-5-6(3-4-7(8)9)13-15(11,12)14/h3-5H,9H2,1-2H3,(H,11,12,14). The highest BCUT2D eigenvalue weighted by atomic mass is 32.9. The van der Waals surface area contributed by atoms with Gasteiger partial charge in [-0.3, -0.25) is 4.55 Å². The first-order valence-electron chi connectivity index (χ1n) is 4.03. The summed E-state index contributed by atoms with van der Waals surface area (Å²) in [6, 6.07) is 4.63. The number of anilines is 2. The van der Waals surface area contributed by atoms with Crippen LogP contribution < -0.4 is 14.8 Å². The van der Waals surface area contributed by atoms with Gasteiger partial charge in [0.15, 0.2) is 0 Å². The van der Waals surface area contributed by atoms with E-state index >= 15 is 0 Å². The topological polar surface area (TPSA) is 75.8 Å². The monoisotopic (exact) mass is 248 g/mol. The molecule has 0 aliphatic heterocycles. The highest BCUT2D eigenvalue weighted by Gasteiger charge is 2.07. The first-order chi connectivity index (χ1) is 6.79. The second kappa shape index (κ2) is 4.21. The zero-order valence-corrected chi connectivity index (χ0v) is 9.97. The van der Waals surface area contributed by atoms with E-state index in [4.69, 9.17) is 10.3 Å². The van der Waals surface area contributed by atoms with Gasteiger partial charge in [0.25, 0.3) is 0 Å². The molecule has 0 radical (unpaired) electrons. The molecular formula is C8H12N2O3S2. The molecule has 0 fully saturated rings. The molecule has 0 aliphatic carbocycles. The van der Waals surface area contributed by atoms with Crippen molar-refractivity contribution in [2.24, 2.45) is 0 Å². The number of nitrogens with two attached hydrogens (primary N) is 1. The van der Waals surface area contributed by atoms with Crippen molar-refractivity contribution >= 4 is 31.6 Å². The van der Waals surface area contributed by atoms with E-state index in [2.05, 4.69) is 15.4 Å². The number of benzene rings is 1. The lowest BCUT2D eigenvalue weighted by Crippen LogP contribution is -2.12. The first kappa shape index (κ1) is 12.0. The normalized spacial score (nSPS) is 14.3.